The Balaban J connectivity index is 2.25. The van der Waals surface area contributed by atoms with Gasteiger partial charge >= 0.3 is 0 Å². The average Bonchev–Trinajstić information content (AvgIpc) is 2.49. The highest BCUT2D eigenvalue weighted by Crippen LogP contribution is 2.33. The van der Waals surface area contributed by atoms with Gasteiger partial charge < -0.3 is 14.8 Å². The molecule has 1 unspecified atom stereocenters. The molecule has 0 bridgehead atoms. The summed E-state index contributed by atoms with van der Waals surface area (Å²) < 4.78 is 11.8. The number of anilines is 1. The quantitative estimate of drug-likeness (QED) is 0.828. The normalized spacial score (nSPS) is 11.9. The van der Waals surface area contributed by atoms with Crippen LogP contribution in [0.25, 0.3) is 0 Å². The fraction of sp³-hybridized carbons (Fsp3) is 0.294. The molecule has 0 aliphatic carbocycles. The Morgan fingerprint density at radius 1 is 1.05 bits per heavy atom. The monoisotopic (exact) mass is 349 g/mol. The minimum atomic E-state index is 0.116. The number of ether oxygens (including phenoxy) is 2. The van der Waals surface area contributed by atoms with E-state index in [2.05, 4.69) is 53.3 Å². The van der Waals surface area contributed by atoms with Crippen LogP contribution in [0.4, 0.5) is 5.69 Å². The number of nitrogens with one attached hydrogen (secondary N) is 1. The van der Waals surface area contributed by atoms with E-state index in [-0.39, 0.29) is 6.04 Å². The highest BCUT2D eigenvalue weighted by molar-refractivity contribution is 9.10. The molecule has 4 heteroatoms. The van der Waals surface area contributed by atoms with Gasteiger partial charge in [-0.3, -0.25) is 0 Å². The Morgan fingerprint density at radius 2 is 1.81 bits per heavy atom. The zero-order valence-corrected chi connectivity index (χ0v) is 14.3. The number of methoxy groups -OCH3 is 2. The first-order valence-corrected chi connectivity index (χ1v) is 7.59. The van der Waals surface area contributed by atoms with E-state index in [1.807, 2.05) is 18.2 Å². The SMILES string of the molecule is COc1ccc(C(C)Nc2ccc(C)cc2Br)c(OC)c1. The van der Waals surface area contributed by atoms with Gasteiger partial charge in [0.1, 0.15) is 11.5 Å². The minimum Gasteiger partial charge on any atom is -0.497 e. The van der Waals surface area contributed by atoms with Crippen molar-refractivity contribution >= 4 is 21.6 Å². The maximum absolute atomic E-state index is 5.46. The van der Waals surface area contributed by atoms with Crippen LogP contribution in [0.2, 0.25) is 0 Å². The summed E-state index contributed by atoms with van der Waals surface area (Å²) in [6.07, 6.45) is 0. The lowest BCUT2D eigenvalue weighted by Gasteiger charge is -2.20. The molecule has 0 amide bonds. The van der Waals surface area contributed by atoms with Crippen molar-refractivity contribution in [3.63, 3.8) is 0 Å². The van der Waals surface area contributed by atoms with Gasteiger partial charge in [0.05, 0.1) is 20.3 Å². The van der Waals surface area contributed by atoms with E-state index in [0.717, 1.165) is 27.2 Å². The first-order valence-electron chi connectivity index (χ1n) is 6.79. The Hall–Kier alpha value is -1.68. The topological polar surface area (TPSA) is 30.5 Å². The molecule has 0 aromatic heterocycles. The van der Waals surface area contributed by atoms with Crippen LogP contribution in [0.1, 0.15) is 24.1 Å². The van der Waals surface area contributed by atoms with Gasteiger partial charge in [0, 0.05) is 21.8 Å². The standard InChI is InChI=1S/C17H20BrNO2/c1-11-5-8-16(15(18)9-11)19-12(2)14-7-6-13(20-3)10-17(14)21-4/h5-10,12,19H,1-4H3. The lowest BCUT2D eigenvalue weighted by Crippen LogP contribution is -2.08. The van der Waals surface area contributed by atoms with Crippen molar-refractivity contribution in [2.45, 2.75) is 19.9 Å². The second-order valence-electron chi connectivity index (χ2n) is 4.96. The number of halogens is 1. The molecule has 0 fully saturated rings. The van der Waals surface area contributed by atoms with Gasteiger partial charge in [0.15, 0.2) is 0 Å². The molecule has 1 atom stereocenters. The van der Waals surface area contributed by atoms with Crippen molar-refractivity contribution < 1.29 is 9.47 Å². The predicted molar refractivity (Wildman–Crippen MR) is 90.5 cm³/mol. The summed E-state index contributed by atoms with van der Waals surface area (Å²) >= 11 is 3.59. The third kappa shape index (κ3) is 3.70. The van der Waals surface area contributed by atoms with Gasteiger partial charge in [-0.1, -0.05) is 6.07 Å². The zero-order chi connectivity index (χ0) is 15.4. The van der Waals surface area contributed by atoms with E-state index in [1.165, 1.54) is 5.56 Å². The van der Waals surface area contributed by atoms with Crippen LogP contribution in [-0.2, 0) is 0 Å². The van der Waals surface area contributed by atoms with Crippen LogP contribution in [0.3, 0.4) is 0 Å². The molecule has 0 saturated carbocycles. The first-order chi connectivity index (χ1) is 10.0. The van der Waals surface area contributed by atoms with Crippen molar-refractivity contribution in [1.29, 1.82) is 0 Å². The van der Waals surface area contributed by atoms with Crippen molar-refractivity contribution in [2.75, 3.05) is 19.5 Å². The Labute approximate surface area is 134 Å². The van der Waals surface area contributed by atoms with Gasteiger partial charge in [-0.15, -0.1) is 0 Å². The lowest BCUT2D eigenvalue weighted by atomic mass is 10.1. The van der Waals surface area contributed by atoms with Crippen LogP contribution in [0.5, 0.6) is 11.5 Å². The summed E-state index contributed by atoms with van der Waals surface area (Å²) in [5.74, 6) is 1.61. The summed E-state index contributed by atoms with van der Waals surface area (Å²) in [5.41, 5.74) is 3.37. The van der Waals surface area contributed by atoms with Crippen LogP contribution in [0.15, 0.2) is 40.9 Å². The van der Waals surface area contributed by atoms with E-state index < -0.39 is 0 Å². The molecule has 2 aromatic carbocycles. The molecule has 2 aromatic rings. The number of hydrogen-bond acceptors (Lipinski definition) is 3. The molecule has 0 aliphatic heterocycles. The highest BCUT2D eigenvalue weighted by Gasteiger charge is 2.13. The Morgan fingerprint density at radius 3 is 2.43 bits per heavy atom. The Bertz CT molecular complexity index is 628. The molecule has 0 heterocycles. The van der Waals surface area contributed by atoms with Crippen LogP contribution in [0, 0.1) is 6.92 Å². The number of aryl methyl sites for hydroxylation is 1. The van der Waals surface area contributed by atoms with Gasteiger partial charge in [-0.25, -0.2) is 0 Å². The molecule has 3 nitrogen and oxygen atoms in total. The molecule has 2 rings (SSSR count). The van der Waals surface area contributed by atoms with Gasteiger partial charge in [0.25, 0.3) is 0 Å². The molecule has 21 heavy (non-hydrogen) atoms. The first kappa shape index (κ1) is 15.7. The molecule has 112 valence electrons. The number of rotatable bonds is 5. The highest BCUT2D eigenvalue weighted by atomic mass is 79.9. The summed E-state index contributed by atoms with van der Waals surface area (Å²) in [5, 5.41) is 3.50. The molecule has 0 saturated heterocycles. The summed E-state index contributed by atoms with van der Waals surface area (Å²) in [6.45, 7) is 4.18. The molecule has 0 radical (unpaired) electrons. The van der Waals surface area contributed by atoms with Gasteiger partial charge in [-0.05, 0) is 59.6 Å². The predicted octanol–water partition coefficient (Wildman–Crippen LogP) is 4.95. The number of hydrogen-bond donors (Lipinski definition) is 1. The van der Waals surface area contributed by atoms with Crippen LogP contribution >= 0.6 is 15.9 Å². The van der Waals surface area contributed by atoms with Crippen LogP contribution in [-0.4, -0.2) is 14.2 Å². The maximum atomic E-state index is 5.46. The Kier molecular flexibility index (Phi) is 5.12. The number of benzene rings is 2. The summed E-state index contributed by atoms with van der Waals surface area (Å²) in [4.78, 5) is 0. The third-order valence-corrected chi connectivity index (χ3v) is 4.06. The summed E-state index contributed by atoms with van der Waals surface area (Å²) in [6, 6.07) is 12.2. The van der Waals surface area contributed by atoms with Crippen molar-refractivity contribution in [2.24, 2.45) is 0 Å². The fourth-order valence-corrected chi connectivity index (χ4v) is 2.83. The molecule has 1 N–H and O–H groups in total. The van der Waals surface area contributed by atoms with E-state index in [1.54, 1.807) is 14.2 Å². The summed E-state index contributed by atoms with van der Waals surface area (Å²) in [7, 11) is 3.33. The van der Waals surface area contributed by atoms with E-state index in [0.29, 0.717) is 0 Å². The minimum absolute atomic E-state index is 0.116. The van der Waals surface area contributed by atoms with E-state index >= 15 is 0 Å². The van der Waals surface area contributed by atoms with Crippen molar-refractivity contribution in [3.05, 3.63) is 52.0 Å². The van der Waals surface area contributed by atoms with Crippen molar-refractivity contribution in [3.8, 4) is 11.5 Å². The van der Waals surface area contributed by atoms with E-state index in [4.69, 9.17) is 9.47 Å². The molecule has 0 spiro atoms. The van der Waals surface area contributed by atoms with Gasteiger partial charge in [0.2, 0.25) is 0 Å². The molecular formula is C17H20BrNO2. The molecule has 0 aliphatic rings. The zero-order valence-electron chi connectivity index (χ0n) is 12.7. The van der Waals surface area contributed by atoms with E-state index in [9.17, 15) is 0 Å². The average molecular weight is 350 g/mol. The van der Waals surface area contributed by atoms with Crippen LogP contribution < -0.4 is 14.8 Å². The van der Waals surface area contributed by atoms with Crippen molar-refractivity contribution in [1.82, 2.24) is 0 Å². The molecular weight excluding hydrogens is 330 g/mol. The fourth-order valence-electron chi connectivity index (χ4n) is 2.22. The second-order valence-corrected chi connectivity index (χ2v) is 5.81. The lowest BCUT2D eigenvalue weighted by molar-refractivity contribution is 0.390. The maximum Gasteiger partial charge on any atom is 0.127 e. The van der Waals surface area contributed by atoms with Gasteiger partial charge in [-0.2, -0.15) is 0 Å². The second kappa shape index (κ2) is 6.85. The largest absolute Gasteiger partial charge is 0.497 e. The smallest absolute Gasteiger partial charge is 0.127 e. The third-order valence-electron chi connectivity index (χ3n) is 3.40.